The molecule has 29 heavy (non-hydrogen) atoms. The molecule has 0 spiro atoms. The lowest BCUT2D eigenvalue weighted by Gasteiger charge is -2.11. The Morgan fingerprint density at radius 3 is 2.41 bits per heavy atom. The standard InChI is InChI=1S/C19H20N4O5S/c1-22-15-6-5-14(10-16(15)23(2)19(26)18(22)25)29(27,28)9-7-17(24)21-12-13-4-3-8-20-11-13/h3-6,8,10-11H,7,9,12H2,1-2H3,(H,21,24). The Morgan fingerprint density at radius 1 is 1.07 bits per heavy atom. The minimum Gasteiger partial charge on any atom is -0.352 e. The number of rotatable bonds is 6. The van der Waals surface area contributed by atoms with E-state index in [2.05, 4.69) is 10.3 Å². The van der Waals surface area contributed by atoms with Crippen molar-refractivity contribution in [3.8, 4) is 0 Å². The summed E-state index contributed by atoms with van der Waals surface area (Å²) in [6.07, 6.45) is 3.03. The number of nitrogens with one attached hydrogen (secondary N) is 1. The molecule has 0 aliphatic heterocycles. The van der Waals surface area contributed by atoms with Gasteiger partial charge in [-0.3, -0.25) is 19.4 Å². The molecule has 1 aromatic carbocycles. The predicted octanol–water partition coefficient (Wildman–Crippen LogP) is 0.112. The van der Waals surface area contributed by atoms with Crippen molar-refractivity contribution in [3.63, 3.8) is 0 Å². The second kappa shape index (κ2) is 8.00. The van der Waals surface area contributed by atoms with E-state index in [4.69, 9.17) is 0 Å². The molecule has 10 heteroatoms. The zero-order chi connectivity index (χ0) is 21.2. The first-order chi connectivity index (χ1) is 13.7. The summed E-state index contributed by atoms with van der Waals surface area (Å²) in [4.78, 5) is 39.8. The summed E-state index contributed by atoms with van der Waals surface area (Å²) in [6, 6.07) is 7.74. The largest absolute Gasteiger partial charge is 0.352 e. The van der Waals surface area contributed by atoms with Crippen LogP contribution in [0, 0.1) is 0 Å². The molecule has 0 radical (unpaired) electrons. The van der Waals surface area contributed by atoms with E-state index in [1.807, 2.05) is 0 Å². The van der Waals surface area contributed by atoms with Crippen molar-refractivity contribution >= 4 is 26.8 Å². The number of hydrogen-bond donors (Lipinski definition) is 1. The molecule has 0 atom stereocenters. The third-order valence-electron chi connectivity index (χ3n) is 4.63. The summed E-state index contributed by atoms with van der Waals surface area (Å²) in [5.41, 5.74) is 0.124. The minimum atomic E-state index is -3.76. The van der Waals surface area contributed by atoms with E-state index in [-0.39, 0.29) is 23.6 Å². The number of carbonyl (C=O) groups excluding carboxylic acids is 1. The lowest BCUT2D eigenvalue weighted by Crippen LogP contribution is -2.39. The van der Waals surface area contributed by atoms with Gasteiger partial charge >= 0.3 is 11.1 Å². The number of pyridine rings is 1. The molecular weight excluding hydrogens is 396 g/mol. The fraction of sp³-hybridized carbons (Fsp3) is 0.263. The molecule has 3 aromatic rings. The van der Waals surface area contributed by atoms with E-state index in [0.29, 0.717) is 11.0 Å². The molecule has 1 N–H and O–H groups in total. The van der Waals surface area contributed by atoms with Crippen LogP contribution in [0.2, 0.25) is 0 Å². The van der Waals surface area contributed by atoms with Crippen molar-refractivity contribution in [2.45, 2.75) is 17.9 Å². The molecule has 152 valence electrons. The number of amides is 1. The van der Waals surface area contributed by atoms with Gasteiger partial charge in [0.15, 0.2) is 9.84 Å². The molecule has 0 aliphatic rings. The molecule has 1 amide bonds. The van der Waals surface area contributed by atoms with Gasteiger partial charge in [0, 0.05) is 39.5 Å². The van der Waals surface area contributed by atoms with Gasteiger partial charge in [-0.2, -0.15) is 0 Å². The SMILES string of the molecule is Cn1c(=O)c(=O)n(C)c2cc(S(=O)(=O)CCC(=O)NCc3cccnc3)ccc21. The second-order valence-corrected chi connectivity index (χ2v) is 8.69. The molecule has 3 rings (SSSR count). The summed E-state index contributed by atoms with van der Waals surface area (Å²) >= 11 is 0. The first-order valence-corrected chi connectivity index (χ1v) is 10.4. The molecule has 0 saturated carbocycles. The van der Waals surface area contributed by atoms with Crippen LogP contribution in [0.25, 0.3) is 11.0 Å². The molecule has 2 aromatic heterocycles. The Hall–Kier alpha value is -3.27. The number of nitrogens with zero attached hydrogens (tertiary/aromatic N) is 3. The number of aromatic nitrogens is 3. The minimum absolute atomic E-state index is 0.0151. The Morgan fingerprint density at radius 2 is 1.76 bits per heavy atom. The molecule has 0 fully saturated rings. The van der Waals surface area contributed by atoms with Crippen LogP contribution in [-0.4, -0.2) is 34.2 Å². The summed E-state index contributed by atoms with van der Waals surface area (Å²) < 4.78 is 27.6. The van der Waals surface area contributed by atoms with E-state index in [1.54, 1.807) is 24.5 Å². The lowest BCUT2D eigenvalue weighted by molar-refractivity contribution is -0.120. The van der Waals surface area contributed by atoms with Gasteiger partial charge in [-0.15, -0.1) is 0 Å². The van der Waals surface area contributed by atoms with Gasteiger partial charge in [0.2, 0.25) is 5.91 Å². The van der Waals surface area contributed by atoms with Crippen molar-refractivity contribution < 1.29 is 13.2 Å². The zero-order valence-electron chi connectivity index (χ0n) is 16.0. The molecule has 0 bridgehead atoms. The summed E-state index contributed by atoms with van der Waals surface area (Å²) in [5.74, 6) is -0.773. The maximum atomic E-state index is 12.7. The third kappa shape index (κ3) is 4.27. The van der Waals surface area contributed by atoms with Gasteiger partial charge in [-0.05, 0) is 29.8 Å². The highest BCUT2D eigenvalue weighted by Gasteiger charge is 2.19. The van der Waals surface area contributed by atoms with Crippen LogP contribution in [0.15, 0.2) is 57.2 Å². The van der Waals surface area contributed by atoms with E-state index in [0.717, 1.165) is 10.1 Å². The van der Waals surface area contributed by atoms with E-state index >= 15 is 0 Å². The maximum absolute atomic E-state index is 12.7. The van der Waals surface area contributed by atoms with Crippen LogP contribution >= 0.6 is 0 Å². The van der Waals surface area contributed by atoms with Crippen molar-refractivity contribution in [2.75, 3.05) is 5.75 Å². The monoisotopic (exact) mass is 416 g/mol. The van der Waals surface area contributed by atoms with E-state index < -0.39 is 26.9 Å². The van der Waals surface area contributed by atoms with Gasteiger partial charge in [-0.25, -0.2) is 8.42 Å². The van der Waals surface area contributed by atoms with Crippen LogP contribution in [0.1, 0.15) is 12.0 Å². The van der Waals surface area contributed by atoms with Crippen LogP contribution in [0.5, 0.6) is 0 Å². The van der Waals surface area contributed by atoms with Gasteiger partial charge in [0.1, 0.15) is 0 Å². The first kappa shape index (κ1) is 20.5. The maximum Gasteiger partial charge on any atom is 0.316 e. The fourth-order valence-electron chi connectivity index (χ4n) is 2.89. The third-order valence-corrected chi connectivity index (χ3v) is 6.35. The summed E-state index contributed by atoms with van der Waals surface area (Å²) in [7, 11) is -0.896. The average Bonchev–Trinajstić information content (AvgIpc) is 2.73. The van der Waals surface area contributed by atoms with Crippen molar-refractivity contribution in [1.82, 2.24) is 19.4 Å². The Labute approximate surface area is 166 Å². The van der Waals surface area contributed by atoms with E-state index in [9.17, 15) is 22.8 Å². The quantitative estimate of drug-likeness (QED) is 0.570. The Kier molecular flexibility index (Phi) is 5.64. The second-order valence-electron chi connectivity index (χ2n) is 6.59. The highest BCUT2D eigenvalue weighted by atomic mass is 32.2. The van der Waals surface area contributed by atoms with Gasteiger partial charge < -0.3 is 14.5 Å². The van der Waals surface area contributed by atoms with Crippen molar-refractivity contribution in [1.29, 1.82) is 0 Å². The lowest BCUT2D eigenvalue weighted by atomic mass is 10.3. The molecule has 0 aliphatic carbocycles. The van der Waals surface area contributed by atoms with E-state index in [1.165, 1.54) is 36.9 Å². The molecule has 0 unspecified atom stereocenters. The van der Waals surface area contributed by atoms with Crippen molar-refractivity contribution in [2.24, 2.45) is 14.1 Å². The number of carbonyl (C=O) groups is 1. The molecule has 2 heterocycles. The van der Waals surface area contributed by atoms with Crippen LogP contribution in [0.3, 0.4) is 0 Å². The Balaban J connectivity index is 1.77. The molecular formula is C19H20N4O5S. The zero-order valence-corrected chi connectivity index (χ0v) is 16.8. The average molecular weight is 416 g/mol. The smallest absolute Gasteiger partial charge is 0.316 e. The van der Waals surface area contributed by atoms with Crippen LogP contribution < -0.4 is 16.4 Å². The number of sulfone groups is 1. The Bertz CT molecular complexity index is 1290. The molecule has 9 nitrogen and oxygen atoms in total. The first-order valence-electron chi connectivity index (χ1n) is 8.79. The van der Waals surface area contributed by atoms with Gasteiger partial charge in [0.05, 0.1) is 21.7 Å². The van der Waals surface area contributed by atoms with Gasteiger partial charge in [0.25, 0.3) is 0 Å². The number of hydrogen-bond acceptors (Lipinski definition) is 6. The summed E-state index contributed by atoms with van der Waals surface area (Å²) in [5, 5.41) is 2.66. The normalized spacial score (nSPS) is 11.5. The topological polar surface area (TPSA) is 120 Å². The van der Waals surface area contributed by atoms with Crippen molar-refractivity contribution in [3.05, 3.63) is 69.0 Å². The highest BCUT2D eigenvalue weighted by molar-refractivity contribution is 7.91. The number of benzene rings is 1. The number of fused-ring (bicyclic) bond motifs is 1. The van der Waals surface area contributed by atoms with Crippen LogP contribution in [0.4, 0.5) is 0 Å². The van der Waals surface area contributed by atoms with Gasteiger partial charge in [-0.1, -0.05) is 6.07 Å². The predicted molar refractivity (Wildman–Crippen MR) is 107 cm³/mol. The number of aryl methyl sites for hydroxylation is 2. The fourth-order valence-corrected chi connectivity index (χ4v) is 4.15. The molecule has 0 saturated heterocycles. The van der Waals surface area contributed by atoms with Crippen LogP contribution in [-0.2, 0) is 35.3 Å². The summed E-state index contributed by atoms with van der Waals surface area (Å²) in [6.45, 7) is 0.263. The highest BCUT2D eigenvalue weighted by Crippen LogP contribution is 2.18.